The normalized spacial score (nSPS) is 11.0. The monoisotopic (exact) mass is 350 g/mol. The molecule has 0 fully saturated rings. The van der Waals surface area contributed by atoms with Gasteiger partial charge < -0.3 is 5.11 Å². The second-order valence-corrected chi connectivity index (χ2v) is 5.87. The summed E-state index contributed by atoms with van der Waals surface area (Å²) in [5.74, 6) is 0.0720. The average molecular weight is 350 g/mol. The van der Waals surface area contributed by atoms with Crippen LogP contribution in [0.25, 0.3) is 21.9 Å². The topological polar surface area (TPSA) is 55.8 Å². The molecule has 1 N–H and O–H groups in total. The molecule has 0 amide bonds. The zero-order chi connectivity index (χ0) is 16.2. The summed E-state index contributed by atoms with van der Waals surface area (Å²) in [5.41, 5.74) is 1.84. The van der Waals surface area contributed by atoms with Crippen molar-refractivity contribution in [2.45, 2.75) is 6.92 Å². The first-order chi connectivity index (χ1) is 11.2. The van der Waals surface area contributed by atoms with Crippen LogP contribution in [0.15, 0.2) is 60.7 Å². The molecular formula is C18H16NaO4P+. The van der Waals surface area contributed by atoms with Crippen LogP contribution in [0.4, 0.5) is 0 Å². The molecule has 1 unspecified atom stereocenters. The van der Waals surface area contributed by atoms with Crippen LogP contribution in [0.3, 0.4) is 0 Å². The smallest absolute Gasteiger partial charge is 0.504 e. The van der Waals surface area contributed by atoms with E-state index >= 15 is 0 Å². The van der Waals surface area contributed by atoms with E-state index in [1.54, 1.807) is 19.1 Å². The quantitative estimate of drug-likeness (QED) is 0.525. The summed E-state index contributed by atoms with van der Waals surface area (Å²) in [7, 11) is -2.27. The van der Waals surface area contributed by atoms with Crippen molar-refractivity contribution in [3.63, 3.8) is 0 Å². The van der Waals surface area contributed by atoms with E-state index in [4.69, 9.17) is 9.05 Å². The van der Waals surface area contributed by atoms with Crippen molar-refractivity contribution in [1.29, 1.82) is 0 Å². The van der Waals surface area contributed by atoms with Gasteiger partial charge in [-0.05, 0) is 47.0 Å². The molecule has 0 aliphatic rings. The van der Waals surface area contributed by atoms with Gasteiger partial charge in [-0.3, -0.25) is 0 Å². The van der Waals surface area contributed by atoms with E-state index in [9.17, 15) is 9.67 Å². The van der Waals surface area contributed by atoms with Gasteiger partial charge in [0, 0.05) is 34.1 Å². The van der Waals surface area contributed by atoms with Crippen molar-refractivity contribution in [3.05, 3.63) is 60.7 Å². The van der Waals surface area contributed by atoms with Gasteiger partial charge in [0.15, 0.2) is 5.75 Å². The van der Waals surface area contributed by atoms with Gasteiger partial charge >= 0.3 is 8.25 Å². The molecule has 0 bridgehead atoms. The summed E-state index contributed by atoms with van der Waals surface area (Å²) >= 11 is 0. The first-order valence-corrected chi connectivity index (χ1v) is 8.37. The Hall–Kier alpha value is -1.42. The fourth-order valence-electron chi connectivity index (χ4n) is 2.36. The maximum absolute atomic E-state index is 11.5. The minimum atomic E-state index is -2.27. The van der Waals surface area contributed by atoms with Gasteiger partial charge in [-0.25, -0.2) is 4.52 Å². The first-order valence-electron chi connectivity index (χ1n) is 7.27. The van der Waals surface area contributed by atoms with E-state index in [0.717, 1.165) is 21.9 Å². The van der Waals surface area contributed by atoms with Crippen LogP contribution in [0, 0.1) is 0 Å². The molecule has 0 aliphatic carbocycles. The van der Waals surface area contributed by atoms with E-state index in [1.165, 1.54) is 0 Å². The van der Waals surface area contributed by atoms with E-state index in [0.29, 0.717) is 0 Å². The molecule has 0 aliphatic heterocycles. The molecule has 4 nitrogen and oxygen atoms in total. The summed E-state index contributed by atoms with van der Waals surface area (Å²) < 4.78 is 21.4. The Morgan fingerprint density at radius 1 is 0.958 bits per heavy atom. The number of phenols is 1. The molecule has 1 radical (unpaired) electrons. The average Bonchev–Trinajstić information content (AvgIpc) is 2.56. The third-order valence-electron chi connectivity index (χ3n) is 3.45. The molecule has 3 aromatic rings. The van der Waals surface area contributed by atoms with Crippen molar-refractivity contribution >= 4 is 48.6 Å². The Bertz CT molecular complexity index is 867. The van der Waals surface area contributed by atoms with Crippen LogP contribution in [0.5, 0.6) is 11.5 Å². The summed E-state index contributed by atoms with van der Waals surface area (Å²) in [6.07, 6.45) is 0. The van der Waals surface area contributed by atoms with Crippen molar-refractivity contribution in [2.75, 3.05) is 6.61 Å². The molecule has 117 valence electrons. The molecule has 0 saturated heterocycles. The summed E-state index contributed by atoms with van der Waals surface area (Å²) in [6, 6.07) is 19.2. The van der Waals surface area contributed by atoms with Crippen LogP contribution in [0.1, 0.15) is 6.92 Å². The molecule has 1 atom stereocenters. The number of fused-ring (bicyclic) bond motifs is 1. The van der Waals surface area contributed by atoms with Crippen molar-refractivity contribution in [3.8, 4) is 22.6 Å². The maximum atomic E-state index is 11.5. The first kappa shape index (κ1) is 18.9. The molecule has 3 rings (SSSR count). The number of benzene rings is 3. The minimum absolute atomic E-state index is 0. The van der Waals surface area contributed by atoms with Gasteiger partial charge in [0.05, 0.1) is 0 Å². The van der Waals surface area contributed by atoms with Crippen LogP contribution in [-0.4, -0.2) is 41.3 Å². The molecule has 6 heteroatoms. The number of hydrogen-bond donors (Lipinski definition) is 1. The largest absolute Gasteiger partial charge is 0.750 e. The van der Waals surface area contributed by atoms with Crippen molar-refractivity contribution < 1.29 is 18.7 Å². The molecule has 0 saturated carbocycles. The Balaban J connectivity index is 0.00000208. The second kappa shape index (κ2) is 8.61. The van der Waals surface area contributed by atoms with Gasteiger partial charge in [-0.15, -0.1) is 4.52 Å². The standard InChI is InChI=1S/C18H15O4P.Na/c1-2-21-23(20)22-18-10-9-16(12-17(18)19)15-8-7-13-5-3-4-6-14(13)11-15;/h3-12H,2H2,1H3;/p+1. The van der Waals surface area contributed by atoms with E-state index in [1.807, 2.05) is 36.4 Å². The molecular weight excluding hydrogens is 334 g/mol. The summed E-state index contributed by atoms with van der Waals surface area (Å²) in [6.45, 7) is 2.00. The van der Waals surface area contributed by atoms with Crippen LogP contribution in [0.2, 0.25) is 0 Å². The van der Waals surface area contributed by atoms with Crippen molar-refractivity contribution in [2.24, 2.45) is 0 Å². The third-order valence-corrected chi connectivity index (χ3v) is 4.26. The van der Waals surface area contributed by atoms with Crippen molar-refractivity contribution in [1.82, 2.24) is 0 Å². The number of phenolic OH excluding ortho intramolecular Hbond substituents is 1. The zero-order valence-electron chi connectivity index (χ0n) is 13.6. The summed E-state index contributed by atoms with van der Waals surface area (Å²) in [5, 5.41) is 12.4. The molecule has 0 spiro atoms. The predicted molar refractivity (Wildman–Crippen MR) is 96.7 cm³/mol. The second-order valence-electron chi connectivity index (χ2n) is 4.98. The van der Waals surface area contributed by atoms with Gasteiger partial charge in [-0.2, -0.15) is 0 Å². The summed E-state index contributed by atoms with van der Waals surface area (Å²) in [4.78, 5) is 0. The fraction of sp³-hybridized carbons (Fsp3) is 0.111. The van der Waals surface area contributed by atoms with E-state index < -0.39 is 8.25 Å². The number of hydrogen-bond acceptors (Lipinski definition) is 4. The predicted octanol–water partition coefficient (Wildman–Crippen LogP) is 4.90. The third kappa shape index (κ3) is 4.35. The van der Waals surface area contributed by atoms with Crippen LogP contribution in [-0.2, 0) is 9.09 Å². The number of rotatable bonds is 5. The van der Waals surface area contributed by atoms with Crippen LogP contribution >= 0.6 is 8.25 Å². The fourth-order valence-corrected chi connectivity index (χ4v) is 2.93. The van der Waals surface area contributed by atoms with Gasteiger partial charge in [0.2, 0.25) is 5.75 Å². The molecule has 0 heterocycles. The van der Waals surface area contributed by atoms with Gasteiger partial charge in [-0.1, -0.05) is 42.5 Å². The van der Waals surface area contributed by atoms with Crippen LogP contribution < -0.4 is 4.52 Å². The molecule has 3 aromatic carbocycles. The molecule has 0 aromatic heterocycles. The minimum Gasteiger partial charge on any atom is -0.504 e. The maximum Gasteiger partial charge on any atom is 0.750 e. The number of aromatic hydroxyl groups is 1. The Labute approximate surface area is 163 Å². The Kier molecular flexibility index (Phi) is 6.79. The van der Waals surface area contributed by atoms with E-state index in [2.05, 4.69) is 12.1 Å². The van der Waals surface area contributed by atoms with Gasteiger partial charge in [0.25, 0.3) is 0 Å². The molecule has 24 heavy (non-hydrogen) atoms. The van der Waals surface area contributed by atoms with Gasteiger partial charge in [0.1, 0.15) is 6.61 Å². The zero-order valence-corrected chi connectivity index (χ0v) is 16.5. The Morgan fingerprint density at radius 2 is 1.62 bits per heavy atom. The Morgan fingerprint density at radius 3 is 2.33 bits per heavy atom. The SMILES string of the molecule is CCO[P+](=O)Oc1ccc(-c2ccc3ccccc3c2)cc1O.[Na]. The van der Waals surface area contributed by atoms with E-state index in [-0.39, 0.29) is 47.7 Å².